The molecule has 2 fully saturated rings. The Morgan fingerprint density at radius 2 is 1.96 bits per heavy atom. The van der Waals surface area contributed by atoms with Gasteiger partial charge in [-0.05, 0) is 31.9 Å². The maximum atomic E-state index is 13.1. The molecule has 3 amide bonds. The van der Waals surface area contributed by atoms with Crippen LogP contribution in [-0.4, -0.2) is 64.9 Å². The third-order valence-corrected chi connectivity index (χ3v) is 5.34. The van der Waals surface area contributed by atoms with Crippen molar-refractivity contribution in [3.63, 3.8) is 0 Å². The Morgan fingerprint density at radius 3 is 2.65 bits per heavy atom. The molecule has 140 valence electrons. The van der Waals surface area contributed by atoms with Gasteiger partial charge in [-0.15, -0.1) is 0 Å². The van der Waals surface area contributed by atoms with Crippen LogP contribution >= 0.6 is 0 Å². The van der Waals surface area contributed by atoms with Crippen LogP contribution in [0, 0.1) is 0 Å². The number of urea groups is 1. The van der Waals surface area contributed by atoms with Gasteiger partial charge in [0.25, 0.3) is 5.91 Å². The van der Waals surface area contributed by atoms with Crippen molar-refractivity contribution in [1.29, 1.82) is 0 Å². The summed E-state index contributed by atoms with van der Waals surface area (Å²) in [7, 11) is 0. The molecule has 2 N–H and O–H groups in total. The number of ether oxygens (including phenoxy) is 2. The van der Waals surface area contributed by atoms with Crippen molar-refractivity contribution in [2.75, 3.05) is 19.7 Å². The molecule has 1 aromatic carbocycles. The first-order valence-electron chi connectivity index (χ1n) is 8.96. The second-order valence-corrected chi connectivity index (χ2v) is 7.20. The molecule has 2 bridgehead atoms. The van der Waals surface area contributed by atoms with Gasteiger partial charge in [-0.3, -0.25) is 10.0 Å². The van der Waals surface area contributed by atoms with Crippen molar-refractivity contribution < 1.29 is 24.3 Å². The molecule has 3 aliphatic rings. The predicted octanol–water partition coefficient (Wildman–Crippen LogP) is 1.37. The van der Waals surface area contributed by atoms with Crippen LogP contribution in [0.4, 0.5) is 4.79 Å². The Morgan fingerprint density at radius 1 is 1.23 bits per heavy atom. The number of amides is 3. The van der Waals surface area contributed by atoms with Crippen LogP contribution in [0.5, 0.6) is 5.75 Å². The van der Waals surface area contributed by atoms with Crippen molar-refractivity contribution in [2.45, 2.75) is 44.6 Å². The zero-order valence-electron chi connectivity index (χ0n) is 14.7. The van der Waals surface area contributed by atoms with Crippen molar-refractivity contribution in [3.8, 4) is 5.75 Å². The van der Waals surface area contributed by atoms with E-state index in [1.54, 1.807) is 23.7 Å². The van der Waals surface area contributed by atoms with Gasteiger partial charge >= 0.3 is 6.03 Å². The molecule has 3 aliphatic heterocycles. The SMILES string of the molecule is CC1COc2cc(C(=O)NO)ccc2CN1C(=O)N1C[C@@H]2CC[C@@H](C1)O2. The number of rotatable bonds is 1. The lowest BCUT2D eigenvalue weighted by Gasteiger charge is -2.37. The van der Waals surface area contributed by atoms with Crippen LogP contribution in [0.15, 0.2) is 18.2 Å². The minimum Gasteiger partial charge on any atom is -0.491 e. The summed E-state index contributed by atoms with van der Waals surface area (Å²) in [4.78, 5) is 28.4. The lowest BCUT2D eigenvalue weighted by molar-refractivity contribution is -0.0306. The molecule has 3 heterocycles. The Bertz CT molecular complexity index is 713. The van der Waals surface area contributed by atoms with E-state index in [2.05, 4.69) is 0 Å². The number of benzene rings is 1. The van der Waals surface area contributed by atoms with E-state index in [0.717, 1.165) is 18.4 Å². The molecule has 26 heavy (non-hydrogen) atoms. The highest BCUT2D eigenvalue weighted by Gasteiger charge is 2.38. The van der Waals surface area contributed by atoms with Crippen LogP contribution in [0.3, 0.4) is 0 Å². The third-order valence-electron chi connectivity index (χ3n) is 5.34. The number of hydrogen-bond donors (Lipinski definition) is 2. The molecule has 1 unspecified atom stereocenters. The van der Waals surface area contributed by atoms with E-state index >= 15 is 0 Å². The van der Waals surface area contributed by atoms with Crippen molar-refractivity contribution in [1.82, 2.24) is 15.3 Å². The number of morpholine rings is 1. The fraction of sp³-hybridized carbons (Fsp3) is 0.556. The molecule has 2 saturated heterocycles. The summed E-state index contributed by atoms with van der Waals surface area (Å²) in [5.41, 5.74) is 2.77. The fourth-order valence-corrected chi connectivity index (χ4v) is 3.87. The average Bonchev–Trinajstić information content (AvgIpc) is 2.90. The number of hydrogen-bond acceptors (Lipinski definition) is 5. The van der Waals surface area contributed by atoms with Gasteiger partial charge in [-0.25, -0.2) is 10.3 Å². The van der Waals surface area contributed by atoms with Gasteiger partial charge in [0.15, 0.2) is 0 Å². The number of fused-ring (bicyclic) bond motifs is 3. The zero-order chi connectivity index (χ0) is 18.3. The van der Waals surface area contributed by atoms with E-state index in [9.17, 15) is 9.59 Å². The lowest BCUT2D eigenvalue weighted by atomic mass is 10.1. The number of hydroxylamine groups is 1. The summed E-state index contributed by atoms with van der Waals surface area (Å²) in [5, 5.41) is 8.79. The van der Waals surface area contributed by atoms with Crippen molar-refractivity contribution in [2.24, 2.45) is 0 Å². The Balaban J connectivity index is 1.54. The second-order valence-electron chi connectivity index (χ2n) is 7.20. The van der Waals surface area contributed by atoms with E-state index < -0.39 is 5.91 Å². The smallest absolute Gasteiger partial charge is 0.320 e. The zero-order valence-corrected chi connectivity index (χ0v) is 14.7. The highest BCUT2D eigenvalue weighted by Crippen LogP contribution is 2.30. The predicted molar refractivity (Wildman–Crippen MR) is 91.1 cm³/mol. The van der Waals surface area contributed by atoms with Gasteiger partial charge in [0.05, 0.1) is 24.8 Å². The minimum atomic E-state index is -0.592. The standard InChI is InChI=1S/C18H23N3O5/c1-11-10-25-16-6-12(17(22)19-24)2-3-13(16)7-21(11)18(23)20-8-14-4-5-15(9-20)26-14/h2-3,6,11,14-15,24H,4-5,7-10H2,1H3,(H,19,22)/t11?,14-,15-/m0/s1. The van der Waals surface area contributed by atoms with Gasteiger partial charge in [-0.1, -0.05) is 6.07 Å². The summed E-state index contributed by atoms with van der Waals surface area (Å²) >= 11 is 0. The summed E-state index contributed by atoms with van der Waals surface area (Å²) in [6.45, 7) is 4.01. The van der Waals surface area contributed by atoms with E-state index in [4.69, 9.17) is 14.7 Å². The normalized spacial score (nSPS) is 27.4. The molecule has 0 aliphatic carbocycles. The van der Waals surface area contributed by atoms with Crippen molar-refractivity contribution in [3.05, 3.63) is 29.3 Å². The highest BCUT2D eigenvalue weighted by molar-refractivity contribution is 5.93. The summed E-state index contributed by atoms with van der Waals surface area (Å²) in [6.07, 6.45) is 2.35. The maximum absolute atomic E-state index is 13.1. The first kappa shape index (κ1) is 17.1. The molecule has 0 radical (unpaired) electrons. The monoisotopic (exact) mass is 361 g/mol. The topological polar surface area (TPSA) is 91.3 Å². The molecule has 3 atom stereocenters. The number of likely N-dealkylation sites (tertiary alicyclic amines) is 1. The first-order valence-corrected chi connectivity index (χ1v) is 8.96. The molecule has 8 nitrogen and oxygen atoms in total. The van der Waals surface area contributed by atoms with Crippen LogP contribution in [-0.2, 0) is 11.3 Å². The summed E-state index contributed by atoms with van der Waals surface area (Å²) < 4.78 is 11.6. The van der Waals surface area contributed by atoms with Gasteiger partial charge in [-0.2, -0.15) is 0 Å². The third kappa shape index (κ3) is 3.10. The largest absolute Gasteiger partial charge is 0.491 e. The van der Waals surface area contributed by atoms with Crippen LogP contribution < -0.4 is 10.2 Å². The molecule has 0 saturated carbocycles. The highest BCUT2D eigenvalue weighted by atomic mass is 16.5. The second kappa shape index (κ2) is 6.77. The number of carbonyl (C=O) groups excluding carboxylic acids is 2. The molecular weight excluding hydrogens is 338 g/mol. The number of nitrogens with zero attached hydrogens (tertiary/aromatic N) is 2. The van der Waals surface area contributed by atoms with Gasteiger partial charge in [0, 0.05) is 24.2 Å². The van der Waals surface area contributed by atoms with Crippen LogP contribution in [0.25, 0.3) is 0 Å². The molecule has 1 aromatic rings. The summed E-state index contributed by atoms with van der Waals surface area (Å²) in [5.74, 6) is -0.0271. The maximum Gasteiger partial charge on any atom is 0.320 e. The van der Waals surface area contributed by atoms with Gasteiger partial charge in [0.2, 0.25) is 0 Å². The first-order chi connectivity index (χ1) is 12.5. The lowest BCUT2D eigenvalue weighted by Crippen LogP contribution is -2.53. The number of nitrogens with one attached hydrogen (secondary N) is 1. The quantitative estimate of drug-likeness (QED) is 0.582. The van der Waals surface area contributed by atoms with E-state index in [1.807, 2.05) is 16.7 Å². The van der Waals surface area contributed by atoms with Crippen LogP contribution in [0.2, 0.25) is 0 Å². The molecular formula is C18H23N3O5. The van der Waals surface area contributed by atoms with Gasteiger partial charge in [0.1, 0.15) is 12.4 Å². The molecule has 8 heteroatoms. The summed E-state index contributed by atoms with van der Waals surface area (Å²) in [6, 6.07) is 4.89. The Hall–Kier alpha value is -2.32. The molecule has 0 spiro atoms. The molecule has 4 rings (SSSR count). The van der Waals surface area contributed by atoms with Crippen LogP contribution in [0.1, 0.15) is 35.7 Å². The number of carbonyl (C=O) groups is 2. The van der Waals surface area contributed by atoms with Crippen molar-refractivity contribution >= 4 is 11.9 Å². The average molecular weight is 361 g/mol. The Labute approximate surface area is 151 Å². The molecule has 0 aromatic heterocycles. The van der Waals surface area contributed by atoms with E-state index in [1.165, 1.54) is 0 Å². The van der Waals surface area contributed by atoms with Gasteiger partial charge < -0.3 is 19.3 Å². The Kier molecular flexibility index (Phi) is 4.46. The minimum absolute atomic E-state index is 0.00586. The fourth-order valence-electron chi connectivity index (χ4n) is 3.87. The van der Waals surface area contributed by atoms with E-state index in [0.29, 0.717) is 37.6 Å². The van der Waals surface area contributed by atoms with E-state index in [-0.39, 0.29) is 24.3 Å².